The van der Waals surface area contributed by atoms with Crippen molar-refractivity contribution in [3.05, 3.63) is 11.6 Å². The van der Waals surface area contributed by atoms with Crippen molar-refractivity contribution >= 4 is 22.4 Å². The predicted molar refractivity (Wildman–Crippen MR) is 90.4 cm³/mol. The highest BCUT2D eigenvalue weighted by atomic mass is 32.1. The van der Waals surface area contributed by atoms with Gasteiger partial charge < -0.3 is 15.1 Å². The predicted octanol–water partition coefficient (Wildman–Crippen LogP) is 1.96. The van der Waals surface area contributed by atoms with Gasteiger partial charge in [-0.1, -0.05) is 0 Å². The third kappa shape index (κ3) is 4.20. The monoisotopic (exact) mass is 322 g/mol. The fourth-order valence-corrected chi connectivity index (χ4v) is 4.08. The fraction of sp³-hybridized carbons (Fsp3) is 0.750. The molecule has 5 nitrogen and oxygen atoms in total. The van der Waals surface area contributed by atoms with Gasteiger partial charge in [0.2, 0.25) is 5.91 Å². The zero-order chi connectivity index (χ0) is 15.2. The zero-order valence-corrected chi connectivity index (χ0v) is 14.0. The Labute approximate surface area is 136 Å². The average Bonchev–Trinajstić information content (AvgIpc) is 2.98. The molecule has 0 spiro atoms. The number of hydrogen-bond acceptors (Lipinski definition) is 5. The van der Waals surface area contributed by atoms with Crippen molar-refractivity contribution in [1.82, 2.24) is 15.2 Å². The number of nitrogens with one attached hydrogen (secondary N) is 1. The Morgan fingerprint density at radius 3 is 2.91 bits per heavy atom. The van der Waals surface area contributed by atoms with Gasteiger partial charge in [-0.05, 0) is 44.7 Å². The number of rotatable bonds is 4. The number of anilines is 1. The summed E-state index contributed by atoms with van der Waals surface area (Å²) in [6, 6.07) is 0. The van der Waals surface area contributed by atoms with E-state index in [1.807, 2.05) is 11.6 Å². The molecule has 3 heterocycles. The largest absolute Gasteiger partial charge is 0.346 e. The van der Waals surface area contributed by atoms with E-state index in [9.17, 15) is 4.79 Å². The third-order valence-electron chi connectivity index (χ3n) is 4.76. The molecular weight excluding hydrogens is 296 g/mol. The molecule has 0 bridgehead atoms. The molecule has 6 heteroatoms. The highest BCUT2D eigenvalue weighted by molar-refractivity contribution is 7.13. The van der Waals surface area contributed by atoms with E-state index in [1.54, 1.807) is 11.3 Å². The average molecular weight is 322 g/mol. The summed E-state index contributed by atoms with van der Waals surface area (Å²) in [7, 11) is 0. The molecule has 1 N–H and O–H groups in total. The minimum atomic E-state index is 0.347. The summed E-state index contributed by atoms with van der Waals surface area (Å²) in [5.41, 5.74) is 0. The molecule has 1 amide bonds. The molecule has 1 aromatic heterocycles. The summed E-state index contributed by atoms with van der Waals surface area (Å²) in [4.78, 5) is 21.2. The lowest BCUT2D eigenvalue weighted by molar-refractivity contribution is -0.131. The van der Waals surface area contributed by atoms with Crippen molar-refractivity contribution in [2.45, 2.75) is 32.1 Å². The summed E-state index contributed by atoms with van der Waals surface area (Å²) in [5.74, 6) is 1.09. The summed E-state index contributed by atoms with van der Waals surface area (Å²) >= 11 is 1.68. The van der Waals surface area contributed by atoms with Crippen molar-refractivity contribution in [2.75, 3.05) is 44.2 Å². The summed E-state index contributed by atoms with van der Waals surface area (Å²) in [5, 5.41) is 6.49. The van der Waals surface area contributed by atoms with Crippen LogP contribution in [0.4, 0.5) is 5.13 Å². The zero-order valence-electron chi connectivity index (χ0n) is 13.2. The van der Waals surface area contributed by atoms with Crippen LogP contribution in [0.5, 0.6) is 0 Å². The number of carbonyl (C=O) groups excluding carboxylic acids is 1. The standard InChI is InChI=1S/C16H26N4OS/c21-15(3-2-14-4-6-17-7-5-14)19-9-1-10-20(12-11-19)16-18-8-13-22-16/h8,13-14,17H,1-7,9-12H2. The van der Waals surface area contributed by atoms with Gasteiger partial charge in [-0.25, -0.2) is 4.98 Å². The second-order valence-electron chi connectivity index (χ2n) is 6.27. The molecule has 2 saturated heterocycles. The third-order valence-corrected chi connectivity index (χ3v) is 5.60. The number of piperidine rings is 1. The molecule has 1 aromatic rings. The molecule has 0 saturated carbocycles. The lowest BCUT2D eigenvalue weighted by Crippen LogP contribution is -2.35. The molecule has 0 unspecified atom stereocenters. The molecule has 3 rings (SSSR count). The van der Waals surface area contributed by atoms with E-state index in [4.69, 9.17) is 0 Å². The van der Waals surface area contributed by atoms with Crippen molar-refractivity contribution < 1.29 is 4.79 Å². The second-order valence-corrected chi connectivity index (χ2v) is 7.14. The highest BCUT2D eigenvalue weighted by Gasteiger charge is 2.21. The maximum Gasteiger partial charge on any atom is 0.222 e. The van der Waals surface area contributed by atoms with Crippen LogP contribution in [0.25, 0.3) is 0 Å². The van der Waals surface area contributed by atoms with Crippen LogP contribution in [0.15, 0.2) is 11.6 Å². The van der Waals surface area contributed by atoms with Crippen LogP contribution in [0.1, 0.15) is 32.1 Å². The molecular formula is C16H26N4OS. The summed E-state index contributed by atoms with van der Waals surface area (Å²) < 4.78 is 0. The Kier molecular flexibility index (Phi) is 5.67. The Morgan fingerprint density at radius 2 is 2.14 bits per heavy atom. The van der Waals surface area contributed by atoms with E-state index in [2.05, 4.69) is 20.1 Å². The number of nitrogens with zero attached hydrogens (tertiary/aromatic N) is 3. The van der Waals surface area contributed by atoms with Crippen LogP contribution in [-0.2, 0) is 4.79 Å². The van der Waals surface area contributed by atoms with Crippen LogP contribution in [0, 0.1) is 5.92 Å². The molecule has 122 valence electrons. The number of hydrogen-bond donors (Lipinski definition) is 1. The van der Waals surface area contributed by atoms with E-state index in [-0.39, 0.29) is 0 Å². The Hall–Kier alpha value is -1.14. The van der Waals surface area contributed by atoms with Crippen LogP contribution >= 0.6 is 11.3 Å². The minimum absolute atomic E-state index is 0.347. The lowest BCUT2D eigenvalue weighted by Gasteiger charge is -2.25. The highest BCUT2D eigenvalue weighted by Crippen LogP contribution is 2.21. The quantitative estimate of drug-likeness (QED) is 0.921. The molecule has 2 aliphatic heterocycles. The smallest absolute Gasteiger partial charge is 0.222 e. The van der Waals surface area contributed by atoms with Crippen LogP contribution in [0.2, 0.25) is 0 Å². The molecule has 2 fully saturated rings. The lowest BCUT2D eigenvalue weighted by atomic mass is 9.93. The van der Waals surface area contributed by atoms with Gasteiger partial charge in [-0.15, -0.1) is 11.3 Å². The Bertz CT molecular complexity index is 459. The molecule has 0 atom stereocenters. The first-order valence-electron chi connectivity index (χ1n) is 8.46. The van der Waals surface area contributed by atoms with Gasteiger partial charge in [0, 0.05) is 44.2 Å². The minimum Gasteiger partial charge on any atom is -0.346 e. The van der Waals surface area contributed by atoms with E-state index in [1.165, 1.54) is 12.8 Å². The molecule has 0 aromatic carbocycles. The molecule has 0 aliphatic carbocycles. The molecule has 2 aliphatic rings. The first-order valence-corrected chi connectivity index (χ1v) is 9.34. The fourth-order valence-electron chi connectivity index (χ4n) is 3.39. The molecule has 0 radical (unpaired) electrons. The summed E-state index contributed by atoms with van der Waals surface area (Å²) in [6.07, 6.45) is 7.14. The molecule has 22 heavy (non-hydrogen) atoms. The van der Waals surface area contributed by atoms with E-state index in [0.717, 1.165) is 69.6 Å². The second kappa shape index (κ2) is 7.92. The van der Waals surface area contributed by atoms with Crippen LogP contribution in [-0.4, -0.2) is 55.1 Å². The van der Waals surface area contributed by atoms with E-state index < -0.39 is 0 Å². The number of amides is 1. The normalized spacial score (nSPS) is 20.9. The van der Waals surface area contributed by atoms with Gasteiger partial charge in [-0.2, -0.15) is 0 Å². The number of carbonyl (C=O) groups is 1. The maximum absolute atomic E-state index is 12.5. The van der Waals surface area contributed by atoms with Crippen molar-refractivity contribution in [1.29, 1.82) is 0 Å². The number of aromatic nitrogens is 1. The van der Waals surface area contributed by atoms with Crippen LogP contribution in [0.3, 0.4) is 0 Å². The van der Waals surface area contributed by atoms with Crippen molar-refractivity contribution in [2.24, 2.45) is 5.92 Å². The number of thiazole rings is 1. The van der Waals surface area contributed by atoms with Gasteiger partial charge in [0.05, 0.1) is 0 Å². The summed E-state index contributed by atoms with van der Waals surface area (Å²) in [6.45, 7) is 5.88. The van der Waals surface area contributed by atoms with Gasteiger partial charge in [0.15, 0.2) is 5.13 Å². The van der Waals surface area contributed by atoms with Crippen molar-refractivity contribution in [3.8, 4) is 0 Å². The topological polar surface area (TPSA) is 48.5 Å². The van der Waals surface area contributed by atoms with Crippen LogP contribution < -0.4 is 10.2 Å². The van der Waals surface area contributed by atoms with Gasteiger partial charge in [0.1, 0.15) is 0 Å². The van der Waals surface area contributed by atoms with Gasteiger partial charge >= 0.3 is 0 Å². The first kappa shape index (κ1) is 15.7. The van der Waals surface area contributed by atoms with Crippen molar-refractivity contribution in [3.63, 3.8) is 0 Å². The Morgan fingerprint density at radius 1 is 1.27 bits per heavy atom. The van der Waals surface area contributed by atoms with E-state index >= 15 is 0 Å². The van der Waals surface area contributed by atoms with Gasteiger partial charge in [-0.3, -0.25) is 4.79 Å². The first-order chi connectivity index (χ1) is 10.8. The van der Waals surface area contributed by atoms with E-state index in [0.29, 0.717) is 5.91 Å². The maximum atomic E-state index is 12.5. The SMILES string of the molecule is O=C(CCC1CCNCC1)N1CCCN(c2nccs2)CC1. The van der Waals surface area contributed by atoms with Gasteiger partial charge in [0.25, 0.3) is 0 Å². The Balaban J connectivity index is 1.44.